The number of carbonyl (C=O) groups is 1. The Morgan fingerprint density at radius 1 is 0.778 bits per heavy atom. The van der Waals surface area contributed by atoms with E-state index in [2.05, 4.69) is 57.5 Å². The quantitative estimate of drug-likeness (QED) is 0.106. The summed E-state index contributed by atoms with van der Waals surface area (Å²) in [6.07, 6.45) is 17.6. The largest absolute Gasteiger partial charge is 0.393 e. The van der Waals surface area contributed by atoms with E-state index in [1.54, 1.807) is 0 Å². The molecule has 0 aromatic carbocycles. The van der Waals surface area contributed by atoms with E-state index in [9.17, 15) is 9.90 Å². The van der Waals surface area contributed by atoms with Crippen LogP contribution in [0.1, 0.15) is 138 Å². The van der Waals surface area contributed by atoms with Crippen LogP contribution in [0.3, 0.4) is 0 Å². The van der Waals surface area contributed by atoms with Crippen molar-refractivity contribution in [3.05, 3.63) is 0 Å². The minimum atomic E-state index is -0.115. The fourth-order valence-electron chi connectivity index (χ4n) is 11.7. The van der Waals surface area contributed by atoms with Gasteiger partial charge in [-0.2, -0.15) is 0 Å². The number of aliphatic hydroxyl groups is 1. The molecule has 0 aromatic rings. The van der Waals surface area contributed by atoms with E-state index >= 15 is 0 Å². The lowest BCUT2D eigenvalue weighted by Gasteiger charge is -2.68. The van der Waals surface area contributed by atoms with Crippen molar-refractivity contribution in [2.75, 3.05) is 39.3 Å². The average Bonchev–Trinajstić information content (AvgIpc) is 3.35. The number of fused-ring (bicyclic) bond motifs is 5. The topological polar surface area (TPSA) is 99.4 Å². The van der Waals surface area contributed by atoms with Crippen molar-refractivity contribution in [2.45, 2.75) is 144 Å². The standard InChI is InChI=1S/C39H74N4O2/c1-28(2)12-9-13-31(36(45)43-27-11-26-42-24-8-7-23-41-25-10-22-40)30-16-20-38(5)33(30)14-15-35-37(4)19-18-34(44)29(3)32(37)17-21-39(35,38)6/h28-35,41-42,44H,7-27,40H2,1-6H3,(H,43,45)/t29-,30+,31?,32?,33?,34+,35?,37-,38-,39-/m0/s1. The number of rotatable bonds is 18. The van der Waals surface area contributed by atoms with Crippen LogP contribution in [-0.2, 0) is 4.79 Å². The van der Waals surface area contributed by atoms with Gasteiger partial charge in [0.15, 0.2) is 0 Å². The third kappa shape index (κ3) is 8.14. The van der Waals surface area contributed by atoms with Crippen LogP contribution < -0.4 is 21.7 Å². The van der Waals surface area contributed by atoms with Gasteiger partial charge in [0.1, 0.15) is 0 Å². The Kier molecular flexibility index (Phi) is 13.7. The van der Waals surface area contributed by atoms with Gasteiger partial charge in [-0.1, -0.05) is 54.4 Å². The maximum Gasteiger partial charge on any atom is 0.223 e. The SMILES string of the molecule is CC(C)CCCC(C(=O)NCCCNCCCCNCCCN)[C@H]1CC[C@@]2(C)C1CCC1[C@@]3(C)CC[C@@H](O)[C@@H](C)C3CC[C@@]12C. The molecular formula is C39H74N4O2. The van der Waals surface area contributed by atoms with Gasteiger partial charge in [-0.25, -0.2) is 0 Å². The van der Waals surface area contributed by atoms with Gasteiger partial charge in [0.25, 0.3) is 0 Å². The fraction of sp³-hybridized carbons (Fsp3) is 0.974. The zero-order chi connectivity index (χ0) is 32.7. The summed E-state index contributed by atoms with van der Waals surface area (Å²) in [7, 11) is 0. The highest BCUT2D eigenvalue weighted by Gasteiger charge is 2.67. The molecule has 0 radical (unpaired) electrons. The predicted octanol–water partition coefficient (Wildman–Crippen LogP) is 6.90. The summed E-state index contributed by atoms with van der Waals surface area (Å²) in [6.45, 7) is 20.5. The third-order valence-electron chi connectivity index (χ3n) is 14.5. The minimum absolute atomic E-state index is 0.115. The Labute approximate surface area is 278 Å². The van der Waals surface area contributed by atoms with Crippen LogP contribution in [0.25, 0.3) is 0 Å². The summed E-state index contributed by atoms with van der Waals surface area (Å²) in [4.78, 5) is 14.0. The molecule has 0 aromatic heterocycles. The van der Waals surface area contributed by atoms with Gasteiger partial charge in [-0.05, 0) is 168 Å². The average molecular weight is 631 g/mol. The highest BCUT2D eigenvalue weighted by atomic mass is 16.3. The van der Waals surface area contributed by atoms with Gasteiger partial charge >= 0.3 is 0 Å². The molecule has 0 saturated heterocycles. The first kappa shape index (κ1) is 37.1. The second-order valence-corrected chi connectivity index (χ2v) is 17.3. The highest BCUT2D eigenvalue weighted by Crippen LogP contribution is 2.74. The number of nitrogens with two attached hydrogens (primary N) is 1. The molecule has 4 unspecified atom stereocenters. The Bertz CT molecular complexity index is 913. The number of aliphatic hydroxyl groups excluding tert-OH is 1. The molecule has 0 bridgehead atoms. The van der Waals surface area contributed by atoms with Gasteiger partial charge in [0.2, 0.25) is 5.91 Å². The smallest absolute Gasteiger partial charge is 0.223 e. The number of hydrogen-bond acceptors (Lipinski definition) is 5. The number of nitrogens with one attached hydrogen (secondary N) is 3. The van der Waals surface area contributed by atoms with Crippen LogP contribution in [0.4, 0.5) is 0 Å². The van der Waals surface area contributed by atoms with Crippen molar-refractivity contribution in [3.8, 4) is 0 Å². The molecule has 0 heterocycles. The van der Waals surface area contributed by atoms with Crippen LogP contribution in [0, 0.1) is 57.7 Å². The number of unbranched alkanes of at least 4 members (excludes halogenated alkanes) is 1. The molecule has 10 atom stereocenters. The summed E-state index contributed by atoms with van der Waals surface area (Å²) >= 11 is 0. The van der Waals surface area contributed by atoms with E-state index in [0.29, 0.717) is 51.7 Å². The first-order valence-electron chi connectivity index (χ1n) is 19.6. The fourth-order valence-corrected chi connectivity index (χ4v) is 11.7. The van der Waals surface area contributed by atoms with Crippen LogP contribution in [0.5, 0.6) is 0 Å². The van der Waals surface area contributed by atoms with Crippen LogP contribution in [-0.4, -0.2) is 56.4 Å². The number of carbonyl (C=O) groups excluding carboxylic acids is 1. The molecule has 262 valence electrons. The molecule has 4 aliphatic rings. The van der Waals surface area contributed by atoms with E-state index in [-0.39, 0.29) is 12.0 Å². The van der Waals surface area contributed by atoms with Gasteiger partial charge in [-0.3, -0.25) is 4.79 Å². The van der Waals surface area contributed by atoms with E-state index in [4.69, 9.17) is 5.73 Å². The van der Waals surface area contributed by atoms with Gasteiger partial charge in [0, 0.05) is 12.5 Å². The third-order valence-corrected chi connectivity index (χ3v) is 14.5. The molecule has 6 N–H and O–H groups in total. The lowest BCUT2D eigenvalue weighted by molar-refractivity contribution is -0.203. The van der Waals surface area contributed by atoms with Gasteiger partial charge in [0.05, 0.1) is 6.10 Å². The van der Waals surface area contributed by atoms with Crippen LogP contribution in [0.2, 0.25) is 0 Å². The molecule has 45 heavy (non-hydrogen) atoms. The van der Waals surface area contributed by atoms with Crippen molar-refractivity contribution >= 4 is 5.91 Å². The van der Waals surface area contributed by atoms with Crippen LogP contribution in [0.15, 0.2) is 0 Å². The first-order valence-corrected chi connectivity index (χ1v) is 19.6. The van der Waals surface area contributed by atoms with Crippen molar-refractivity contribution in [3.63, 3.8) is 0 Å². The van der Waals surface area contributed by atoms with Gasteiger partial charge < -0.3 is 26.8 Å². The second kappa shape index (κ2) is 16.6. The Balaban J connectivity index is 1.33. The van der Waals surface area contributed by atoms with Crippen molar-refractivity contribution < 1.29 is 9.90 Å². The summed E-state index contributed by atoms with van der Waals surface area (Å²) in [5.74, 6) is 4.20. The maximum atomic E-state index is 14.0. The lowest BCUT2D eigenvalue weighted by Crippen LogP contribution is -2.62. The molecule has 4 saturated carbocycles. The minimum Gasteiger partial charge on any atom is -0.393 e. The molecule has 4 fully saturated rings. The zero-order valence-corrected chi connectivity index (χ0v) is 30.4. The molecule has 0 spiro atoms. The van der Waals surface area contributed by atoms with E-state index < -0.39 is 0 Å². The van der Waals surface area contributed by atoms with Crippen molar-refractivity contribution in [2.24, 2.45) is 63.4 Å². The molecule has 6 heteroatoms. The van der Waals surface area contributed by atoms with E-state index in [1.807, 2.05) is 0 Å². The molecule has 0 aliphatic heterocycles. The maximum absolute atomic E-state index is 14.0. The number of hydrogen-bond donors (Lipinski definition) is 5. The second-order valence-electron chi connectivity index (χ2n) is 17.3. The predicted molar refractivity (Wildman–Crippen MR) is 189 cm³/mol. The van der Waals surface area contributed by atoms with Gasteiger partial charge in [-0.15, -0.1) is 0 Å². The van der Waals surface area contributed by atoms with E-state index in [1.165, 1.54) is 64.2 Å². The zero-order valence-electron chi connectivity index (χ0n) is 30.4. The first-order chi connectivity index (χ1) is 21.5. The Morgan fingerprint density at radius 2 is 1.44 bits per heavy atom. The molecule has 6 nitrogen and oxygen atoms in total. The summed E-state index contributed by atoms with van der Waals surface area (Å²) in [5, 5.41) is 21.2. The van der Waals surface area contributed by atoms with Crippen molar-refractivity contribution in [1.82, 2.24) is 16.0 Å². The Hall–Kier alpha value is -0.690. The monoisotopic (exact) mass is 631 g/mol. The van der Waals surface area contributed by atoms with E-state index in [0.717, 1.165) is 77.3 Å². The molecular weight excluding hydrogens is 556 g/mol. The number of amides is 1. The summed E-state index contributed by atoms with van der Waals surface area (Å²) in [6, 6.07) is 0. The van der Waals surface area contributed by atoms with Crippen molar-refractivity contribution in [1.29, 1.82) is 0 Å². The Morgan fingerprint density at radius 3 is 2.13 bits per heavy atom. The molecule has 4 rings (SSSR count). The lowest BCUT2D eigenvalue weighted by atomic mass is 9.37. The molecule has 1 amide bonds. The summed E-state index contributed by atoms with van der Waals surface area (Å²) in [5.41, 5.74) is 6.55. The normalized spacial score (nSPS) is 38.4. The summed E-state index contributed by atoms with van der Waals surface area (Å²) < 4.78 is 0. The van der Waals surface area contributed by atoms with Crippen LogP contribution >= 0.6 is 0 Å². The molecule has 4 aliphatic carbocycles. The highest BCUT2D eigenvalue weighted by molar-refractivity contribution is 5.79.